The molecule has 21 heavy (non-hydrogen) atoms. The molecule has 1 N–H and O–H groups in total. The van der Waals surface area contributed by atoms with Crippen LogP contribution in [0.15, 0.2) is 49.8 Å². The highest BCUT2D eigenvalue weighted by atomic mass is 79.9. The number of likely N-dealkylation sites (N-methyl/N-ethyl adjacent to an activating group) is 1. The van der Waals surface area contributed by atoms with Crippen molar-refractivity contribution in [1.82, 2.24) is 5.32 Å². The highest BCUT2D eigenvalue weighted by molar-refractivity contribution is 9.11. The lowest BCUT2D eigenvalue weighted by Gasteiger charge is -2.19. The van der Waals surface area contributed by atoms with Crippen LogP contribution >= 0.6 is 47.8 Å². The molecule has 0 saturated carbocycles. The molecule has 1 nitrogen and oxygen atoms in total. The largest absolute Gasteiger partial charge is 0.310 e. The first kappa shape index (κ1) is 17.1. The molecule has 112 valence electrons. The Morgan fingerprint density at radius 3 is 2.29 bits per heavy atom. The maximum Gasteiger partial charge on any atom is 0.137 e. The Morgan fingerprint density at radius 2 is 1.71 bits per heavy atom. The van der Waals surface area contributed by atoms with Crippen LogP contribution in [0.5, 0.6) is 0 Å². The summed E-state index contributed by atoms with van der Waals surface area (Å²) in [6.45, 7) is 2.96. The topological polar surface area (TPSA) is 12.0 Å². The number of nitrogens with one attached hydrogen (secondary N) is 1. The summed E-state index contributed by atoms with van der Waals surface area (Å²) in [5.41, 5.74) is 2.28. The van der Waals surface area contributed by atoms with Gasteiger partial charge in [0, 0.05) is 15.0 Å². The number of rotatable bonds is 5. The third-order valence-electron chi connectivity index (χ3n) is 3.16. The molecule has 2 rings (SSSR count). The van der Waals surface area contributed by atoms with Gasteiger partial charge in [-0.25, -0.2) is 4.39 Å². The fourth-order valence-corrected chi connectivity index (χ4v) is 3.99. The molecule has 0 aliphatic rings. The van der Waals surface area contributed by atoms with Crippen molar-refractivity contribution in [2.24, 2.45) is 0 Å². The molecule has 2 aromatic rings. The van der Waals surface area contributed by atoms with E-state index in [-0.39, 0.29) is 11.9 Å². The van der Waals surface area contributed by atoms with Crippen molar-refractivity contribution < 1.29 is 4.39 Å². The SMILES string of the molecule is CCNC(Cc1ccc(F)c(Br)c1)c1cc(Br)cc(Br)c1. The molecule has 0 saturated heterocycles. The van der Waals surface area contributed by atoms with Gasteiger partial charge in [-0.1, -0.05) is 44.8 Å². The lowest BCUT2D eigenvalue weighted by molar-refractivity contribution is 0.548. The zero-order valence-electron chi connectivity index (χ0n) is 11.5. The van der Waals surface area contributed by atoms with E-state index in [1.54, 1.807) is 0 Å². The molecule has 5 heteroatoms. The Kier molecular flexibility index (Phi) is 6.41. The second kappa shape index (κ2) is 7.86. The fourth-order valence-electron chi connectivity index (χ4n) is 2.23. The third kappa shape index (κ3) is 4.88. The van der Waals surface area contributed by atoms with Gasteiger partial charge in [0.1, 0.15) is 5.82 Å². The fraction of sp³-hybridized carbons (Fsp3) is 0.250. The van der Waals surface area contributed by atoms with Gasteiger partial charge in [-0.3, -0.25) is 0 Å². The van der Waals surface area contributed by atoms with Crippen LogP contribution in [0.1, 0.15) is 24.1 Å². The van der Waals surface area contributed by atoms with Crippen LogP contribution in [-0.4, -0.2) is 6.54 Å². The van der Waals surface area contributed by atoms with Crippen molar-refractivity contribution in [1.29, 1.82) is 0 Å². The van der Waals surface area contributed by atoms with Crippen LogP contribution in [0.3, 0.4) is 0 Å². The quantitative estimate of drug-likeness (QED) is 0.554. The van der Waals surface area contributed by atoms with Crippen molar-refractivity contribution in [3.05, 3.63) is 66.8 Å². The van der Waals surface area contributed by atoms with E-state index in [1.807, 2.05) is 18.2 Å². The van der Waals surface area contributed by atoms with Crippen LogP contribution < -0.4 is 5.32 Å². The molecular weight excluding hydrogens is 465 g/mol. The minimum absolute atomic E-state index is 0.182. The Bertz CT molecular complexity index is 611. The molecule has 0 radical (unpaired) electrons. The molecule has 0 spiro atoms. The molecule has 2 aromatic carbocycles. The van der Waals surface area contributed by atoms with E-state index in [4.69, 9.17) is 0 Å². The van der Waals surface area contributed by atoms with Gasteiger partial charge in [0.05, 0.1) is 4.47 Å². The van der Waals surface area contributed by atoms with Gasteiger partial charge in [0.15, 0.2) is 0 Å². The molecule has 1 unspecified atom stereocenters. The smallest absolute Gasteiger partial charge is 0.137 e. The van der Waals surface area contributed by atoms with Gasteiger partial charge in [-0.05, 0) is 70.4 Å². The molecule has 0 heterocycles. The highest BCUT2D eigenvalue weighted by Gasteiger charge is 2.13. The Labute approximate surface area is 149 Å². The molecule has 0 aromatic heterocycles. The van der Waals surface area contributed by atoms with E-state index < -0.39 is 0 Å². The molecule has 0 fully saturated rings. The molecule has 1 atom stereocenters. The van der Waals surface area contributed by atoms with E-state index in [2.05, 4.69) is 72.2 Å². The van der Waals surface area contributed by atoms with E-state index in [1.165, 1.54) is 11.6 Å². The predicted octanol–water partition coefficient (Wildman–Crippen LogP) is 6.01. The maximum absolute atomic E-state index is 13.3. The van der Waals surface area contributed by atoms with Crippen molar-refractivity contribution in [2.75, 3.05) is 6.54 Å². The summed E-state index contributed by atoms with van der Waals surface area (Å²) < 4.78 is 15.9. The van der Waals surface area contributed by atoms with E-state index in [0.29, 0.717) is 4.47 Å². The molecular formula is C16H15Br3FN. The summed E-state index contributed by atoms with van der Waals surface area (Å²) in [5.74, 6) is -0.232. The van der Waals surface area contributed by atoms with Gasteiger partial charge >= 0.3 is 0 Å². The number of halogens is 4. The number of hydrogen-bond donors (Lipinski definition) is 1. The summed E-state index contributed by atoms with van der Waals surface area (Å²) in [4.78, 5) is 0. The second-order valence-electron chi connectivity index (χ2n) is 4.77. The highest BCUT2D eigenvalue weighted by Crippen LogP contribution is 2.27. The lowest BCUT2D eigenvalue weighted by atomic mass is 9.99. The Balaban J connectivity index is 2.27. The standard InChI is InChI=1S/C16H15Br3FN/c1-2-21-16(11-7-12(17)9-13(18)8-11)6-10-3-4-15(20)14(19)5-10/h3-5,7-9,16,21H,2,6H2,1H3. The average Bonchev–Trinajstić information content (AvgIpc) is 2.41. The summed E-state index contributed by atoms with van der Waals surface area (Å²) in [7, 11) is 0. The number of benzene rings is 2. The molecule has 0 bridgehead atoms. The first-order valence-electron chi connectivity index (χ1n) is 6.63. The average molecular weight is 480 g/mol. The van der Waals surface area contributed by atoms with Crippen LogP contribution in [0.4, 0.5) is 4.39 Å². The molecule has 0 aliphatic carbocycles. The monoisotopic (exact) mass is 477 g/mol. The lowest BCUT2D eigenvalue weighted by Crippen LogP contribution is -2.23. The minimum atomic E-state index is -0.232. The Morgan fingerprint density at radius 1 is 1.05 bits per heavy atom. The van der Waals surface area contributed by atoms with Gasteiger partial charge in [0.25, 0.3) is 0 Å². The zero-order chi connectivity index (χ0) is 15.4. The predicted molar refractivity (Wildman–Crippen MR) is 96.1 cm³/mol. The van der Waals surface area contributed by atoms with Crippen LogP contribution in [0.2, 0.25) is 0 Å². The zero-order valence-corrected chi connectivity index (χ0v) is 16.2. The number of hydrogen-bond acceptors (Lipinski definition) is 1. The van der Waals surface area contributed by atoms with E-state index in [0.717, 1.165) is 27.5 Å². The maximum atomic E-state index is 13.3. The third-order valence-corrected chi connectivity index (χ3v) is 4.68. The summed E-state index contributed by atoms with van der Waals surface area (Å²) in [6.07, 6.45) is 0.801. The first-order chi connectivity index (χ1) is 9.99. The van der Waals surface area contributed by atoms with Crippen molar-refractivity contribution in [3.63, 3.8) is 0 Å². The second-order valence-corrected chi connectivity index (χ2v) is 7.45. The van der Waals surface area contributed by atoms with Gasteiger partial charge in [-0.15, -0.1) is 0 Å². The van der Waals surface area contributed by atoms with Crippen LogP contribution in [-0.2, 0) is 6.42 Å². The summed E-state index contributed by atoms with van der Waals surface area (Å²) in [6, 6.07) is 11.6. The van der Waals surface area contributed by atoms with Crippen molar-refractivity contribution in [3.8, 4) is 0 Å². The van der Waals surface area contributed by atoms with Crippen molar-refractivity contribution >= 4 is 47.8 Å². The minimum Gasteiger partial charge on any atom is -0.310 e. The van der Waals surface area contributed by atoms with Gasteiger partial charge in [-0.2, -0.15) is 0 Å². The van der Waals surface area contributed by atoms with Crippen LogP contribution in [0.25, 0.3) is 0 Å². The molecule has 0 amide bonds. The summed E-state index contributed by atoms with van der Waals surface area (Å²) >= 11 is 10.3. The normalized spacial score (nSPS) is 12.4. The summed E-state index contributed by atoms with van der Waals surface area (Å²) in [5, 5.41) is 3.49. The molecule has 0 aliphatic heterocycles. The van der Waals surface area contributed by atoms with Gasteiger partial charge < -0.3 is 5.32 Å². The first-order valence-corrected chi connectivity index (χ1v) is 9.00. The van der Waals surface area contributed by atoms with E-state index in [9.17, 15) is 4.39 Å². The van der Waals surface area contributed by atoms with E-state index >= 15 is 0 Å². The Hall–Kier alpha value is -0.230. The van der Waals surface area contributed by atoms with Crippen molar-refractivity contribution in [2.45, 2.75) is 19.4 Å². The van der Waals surface area contributed by atoms with Crippen LogP contribution in [0, 0.1) is 5.82 Å². The van der Waals surface area contributed by atoms with Gasteiger partial charge in [0.2, 0.25) is 0 Å².